The van der Waals surface area contributed by atoms with Crippen LogP contribution in [0.3, 0.4) is 0 Å². The average molecular weight is 381 g/mol. The molecule has 0 aromatic heterocycles. The van der Waals surface area contributed by atoms with Gasteiger partial charge in [0.2, 0.25) is 0 Å². The minimum atomic E-state index is -3.45. The summed E-state index contributed by atoms with van der Waals surface area (Å²) in [5.74, 6) is -0.365. The first-order valence-electron chi connectivity index (χ1n) is 4.68. The Morgan fingerprint density at radius 1 is 1.47 bits per heavy atom. The SMILES string of the molecule is Cc1cc(SOO[O-])c(O)cc1S(=O)(=O)CCBr.[Na+]. The molecule has 1 aromatic carbocycles. The molecule has 1 N–H and O–H groups in total. The Balaban J connectivity index is 0.00000324. The van der Waals surface area contributed by atoms with Crippen LogP contribution in [0.4, 0.5) is 0 Å². The van der Waals surface area contributed by atoms with Gasteiger partial charge in [0.1, 0.15) is 5.75 Å². The summed E-state index contributed by atoms with van der Waals surface area (Å²) < 4.78 is 27.8. The quantitative estimate of drug-likeness (QED) is 0.202. The van der Waals surface area contributed by atoms with E-state index < -0.39 is 9.84 Å². The van der Waals surface area contributed by atoms with E-state index in [0.717, 1.165) is 6.07 Å². The largest absolute Gasteiger partial charge is 1.00 e. The molecule has 10 heteroatoms. The first-order chi connectivity index (χ1) is 8.42. The molecule has 1 aromatic rings. The van der Waals surface area contributed by atoms with Gasteiger partial charge in [-0.3, -0.25) is 5.04 Å². The molecule has 0 bridgehead atoms. The van der Waals surface area contributed by atoms with Gasteiger partial charge in [0.05, 0.1) is 27.6 Å². The molecule has 0 fully saturated rings. The molecule has 0 spiro atoms. The monoisotopic (exact) mass is 380 g/mol. The summed E-state index contributed by atoms with van der Waals surface area (Å²) in [5, 5.41) is 22.8. The van der Waals surface area contributed by atoms with Crippen molar-refractivity contribution in [3.8, 4) is 5.75 Å². The summed E-state index contributed by atoms with van der Waals surface area (Å²) in [6.45, 7) is 1.59. The van der Waals surface area contributed by atoms with Crippen molar-refractivity contribution in [2.24, 2.45) is 0 Å². The van der Waals surface area contributed by atoms with Crippen molar-refractivity contribution in [1.29, 1.82) is 0 Å². The summed E-state index contributed by atoms with van der Waals surface area (Å²) in [4.78, 5) is 0.244. The van der Waals surface area contributed by atoms with Crippen molar-refractivity contribution in [2.45, 2.75) is 16.7 Å². The number of benzene rings is 1. The van der Waals surface area contributed by atoms with E-state index in [4.69, 9.17) is 0 Å². The van der Waals surface area contributed by atoms with E-state index in [1.54, 1.807) is 6.92 Å². The van der Waals surface area contributed by atoms with Crippen LogP contribution in [0.5, 0.6) is 5.75 Å². The van der Waals surface area contributed by atoms with E-state index in [9.17, 15) is 18.8 Å². The molecule has 0 amide bonds. The normalized spacial score (nSPS) is 11.1. The molecule has 0 unspecified atom stereocenters. The zero-order valence-corrected chi connectivity index (χ0v) is 15.5. The van der Waals surface area contributed by atoms with Crippen molar-refractivity contribution in [3.05, 3.63) is 17.7 Å². The molecule has 0 radical (unpaired) electrons. The maximum atomic E-state index is 11.9. The second-order valence-electron chi connectivity index (χ2n) is 3.31. The fourth-order valence-electron chi connectivity index (χ4n) is 1.31. The van der Waals surface area contributed by atoms with Crippen molar-refractivity contribution in [2.75, 3.05) is 11.1 Å². The summed E-state index contributed by atoms with van der Waals surface area (Å²) in [6, 6.07) is 2.53. The third-order valence-corrected chi connectivity index (χ3v) is 5.49. The van der Waals surface area contributed by atoms with Crippen LogP contribution in [0.15, 0.2) is 21.9 Å². The Hall–Kier alpha value is 0.680. The van der Waals surface area contributed by atoms with Crippen LogP contribution in [-0.4, -0.2) is 24.6 Å². The molecule has 0 heterocycles. The summed E-state index contributed by atoms with van der Waals surface area (Å²) in [5.41, 5.74) is 0.450. The van der Waals surface area contributed by atoms with E-state index in [0.29, 0.717) is 22.9 Å². The molecule has 0 aliphatic rings. The number of alkyl halides is 1. The van der Waals surface area contributed by atoms with Crippen molar-refractivity contribution in [3.63, 3.8) is 0 Å². The topological polar surface area (TPSA) is 95.9 Å². The molecule has 0 atom stereocenters. The second kappa shape index (κ2) is 8.85. The molecule has 0 saturated heterocycles. The number of hydrogen-bond acceptors (Lipinski definition) is 7. The van der Waals surface area contributed by atoms with Crippen LogP contribution >= 0.6 is 28.0 Å². The van der Waals surface area contributed by atoms with Gasteiger partial charge in [-0.2, -0.15) is 4.33 Å². The van der Waals surface area contributed by atoms with E-state index in [-0.39, 0.29) is 50.9 Å². The number of rotatable bonds is 6. The van der Waals surface area contributed by atoms with Crippen molar-refractivity contribution >= 4 is 37.8 Å². The predicted molar refractivity (Wildman–Crippen MR) is 66.7 cm³/mol. The Labute approximate surface area is 145 Å². The number of phenolic OH excluding ortho intramolecular Hbond substituents is 1. The van der Waals surface area contributed by atoms with E-state index in [1.807, 2.05) is 0 Å². The molecule has 1 rings (SSSR count). The number of sulfone groups is 1. The first-order valence-corrected chi connectivity index (χ1v) is 8.19. The van der Waals surface area contributed by atoms with Crippen LogP contribution < -0.4 is 34.8 Å². The van der Waals surface area contributed by atoms with E-state index in [1.165, 1.54) is 6.07 Å². The molecule has 0 aliphatic heterocycles. The van der Waals surface area contributed by atoms with Gasteiger partial charge < -0.3 is 10.4 Å². The average Bonchev–Trinajstić information content (AvgIpc) is 2.29. The Kier molecular flexibility index (Phi) is 9.17. The van der Waals surface area contributed by atoms with Gasteiger partial charge in [0.25, 0.3) is 0 Å². The third kappa shape index (κ3) is 5.52. The summed E-state index contributed by atoms with van der Waals surface area (Å²) in [7, 11) is -3.45. The minimum absolute atomic E-state index is 0. The van der Waals surface area contributed by atoms with E-state index in [2.05, 4.69) is 25.3 Å². The van der Waals surface area contributed by atoms with Gasteiger partial charge in [-0.15, -0.1) is 0 Å². The van der Waals surface area contributed by atoms with Gasteiger partial charge >= 0.3 is 29.6 Å². The molecule has 0 aliphatic carbocycles. The van der Waals surface area contributed by atoms with Crippen LogP contribution in [0.2, 0.25) is 0 Å². The van der Waals surface area contributed by atoms with Crippen molar-refractivity contribution < 1.29 is 57.7 Å². The minimum Gasteiger partial charge on any atom is -0.691 e. The standard InChI is InChI=1S/C9H11BrO6S2.Na/c1-6-4-8(17-16-15-12)7(11)5-9(6)18(13,14)3-2-10;/h4-5,11-12H,2-3H2,1H3;/q;+1/p-1. The van der Waals surface area contributed by atoms with Crippen LogP contribution in [-0.2, 0) is 19.2 Å². The zero-order chi connectivity index (χ0) is 13.8. The third-order valence-electron chi connectivity index (χ3n) is 2.09. The number of hydrogen-bond donors (Lipinski definition) is 1. The van der Waals surface area contributed by atoms with Gasteiger partial charge in [0, 0.05) is 11.4 Å². The number of phenols is 1. The van der Waals surface area contributed by atoms with Gasteiger partial charge in [-0.1, -0.05) is 15.9 Å². The Morgan fingerprint density at radius 3 is 2.63 bits per heavy atom. The maximum Gasteiger partial charge on any atom is 1.00 e. The predicted octanol–water partition coefficient (Wildman–Crippen LogP) is -1.90. The molecule has 19 heavy (non-hydrogen) atoms. The number of aromatic hydroxyl groups is 1. The molecule has 102 valence electrons. The Morgan fingerprint density at radius 2 is 2.11 bits per heavy atom. The fraction of sp³-hybridized carbons (Fsp3) is 0.333. The van der Waals surface area contributed by atoms with Crippen LogP contribution in [0.25, 0.3) is 0 Å². The zero-order valence-electron chi connectivity index (χ0n) is 10.3. The second-order valence-corrected chi connectivity index (χ2v) is 6.93. The Bertz CT molecular complexity index is 522. The summed E-state index contributed by atoms with van der Waals surface area (Å²) in [6.07, 6.45) is 0. The fourth-order valence-corrected chi connectivity index (χ4v) is 4.33. The molecular formula is C9H10BrNaO6S2. The van der Waals surface area contributed by atoms with Crippen molar-refractivity contribution in [1.82, 2.24) is 0 Å². The number of aryl methyl sites for hydroxylation is 1. The van der Waals surface area contributed by atoms with Crippen LogP contribution in [0, 0.1) is 6.92 Å². The van der Waals surface area contributed by atoms with Gasteiger partial charge in [-0.25, -0.2) is 8.42 Å². The molecular weight excluding hydrogens is 371 g/mol. The van der Waals surface area contributed by atoms with Gasteiger partial charge in [-0.05, 0) is 18.6 Å². The van der Waals surface area contributed by atoms with E-state index >= 15 is 0 Å². The number of halogens is 1. The summed E-state index contributed by atoms with van der Waals surface area (Å²) >= 11 is 3.56. The maximum absolute atomic E-state index is 11.9. The molecule has 0 saturated carbocycles. The smallest absolute Gasteiger partial charge is 0.691 e. The first kappa shape index (κ1) is 19.7. The van der Waals surface area contributed by atoms with Gasteiger partial charge in [0.15, 0.2) is 9.84 Å². The van der Waals surface area contributed by atoms with Crippen LogP contribution in [0.1, 0.15) is 5.56 Å². The molecule has 6 nitrogen and oxygen atoms in total.